The summed E-state index contributed by atoms with van der Waals surface area (Å²) in [6, 6.07) is 8.48. The first kappa shape index (κ1) is 12.6. The van der Waals surface area contributed by atoms with E-state index in [-0.39, 0.29) is 18.5 Å². The van der Waals surface area contributed by atoms with E-state index in [0.29, 0.717) is 0 Å². The molecule has 0 amide bonds. The molecule has 3 nitrogen and oxygen atoms in total. The van der Waals surface area contributed by atoms with Gasteiger partial charge in [-0.1, -0.05) is 34.1 Å². The molecule has 0 radical (unpaired) electrons. The van der Waals surface area contributed by atoms with E-state index in [0.717, 1.165) is 23.7 Å². The summed E-state index contributed by atoms with van der Waals surface area (Å²) in [7, 11) is 0. The maximum absolute atomic E-state index is 10.7. The lowest BCUT2D eigenvalue weighted by atomic mass is 9.92. The molecule has 2 rings (SSSR count). The number of hydrogen-bond donors (Lipinski definition) is 2. The van der Waals surface area contributed by atoms with Gasteiger partial charge in [0.25, 0.3) is 0 Å². The van der Waals surface area contributed by atoms with Gasteiger partial charge in [0.15, 0.2) is 0 Å². The highest BCUT2D eigenvalue weighted by Crippen LogP contribution is 2.31. The SMILES string of the molecule is O=C(O)CC1CCCC(c2ccccc2Br)N1. The predicted molar refractivity (Wildman–Crippen MR) is 69.9 cm³/mol. The van der Waals surface area contributed by atoms with Gasteiger partial charge in [-0.05, 0) is 30.9 Å². The Morgan fingerprint density at radius 2 is 2.18 bits per heavy atom. The largest absolute Gasteiger partial charge is 0.481 e. The Labute approximate surface area is 109 Å². The molecule has 2 unspecified atom stereocenters. The average Bonchev–Trinajstić information content (AvgIpc) is 2.29. The molecule has 1 saturated heterocycles. The highest BCUT2D eigenvalue weighted by molar-refractivity contribution is 9.10. The van der Waals surface area contributed by atoms with Gasteiger partial charge >= 0.3 is 5.97 Å². The van der Waals surface area contributed by atoms with Crippen molar-refractivity contribution in [2.75, 3.05) is 0 Å². The fourth-order valence-electron chi connectivity index (χ4n) is 2.39. The predicted octanol–water partition coefficient (Wildman–Crippen LogP) is 3.11. The van der Waals surface area contributed by atoms with Crippen LogP contribution in [0.15, 0.2) is 28.7 Å². The van der Waals surface area contributed by atoms with Gasteiger partial charge in [0.2, 0.25) is 0 Å². The second kappa shape index (κ2) is 5.65. The Bertz CT molecular complexity index is 408. The van der Waals surface area contributed by atoms with Crippen molar-refractivity contribution in [2.45, 2.75) is 37.8 Å². The van der Waals surface area contributed by atoms with Crippen LogP contribution in [0.2, 0.25) is 0 Å². The van der Waals surface area contributed by atoms with Crippen LogP contribution in [0.4, 0.5) is 0 Å². The molecule has 0 aromatic heterocycles. The van der Waals surface area contributed by atoms with Gasteiger partial charge in [0.05, 0.1) is 6.42 Å². The topological polar surface area (TPSA) is 49.3 Å². The molecule has 0 saturated carbocycles. The van der Waals surface area contributed by atoms with E-state index < -0.39 is 5.97 Å². The lowest BCUT2D eigenvalue weighted by molar-refractivity contribution is -0.137. The van der Waals surface area contributed by atoms with Gasteiger partial charge in [-0.25, -0.2) is 0 Å². The van der Waals surface area contributed by atoms with Crippen LogP contribution in [0.1, 0.15) is 37.3 Å². The number of piperidine rings is 1. The molecule has 1 aliphatic heterocycles. The minimum absolute atomic E-state index is 0.0957. The number of nitrogens with one attached hydrogen (secondary N) is 1. The maximum Gasteiger partial charge on any atom is 0.304 e. The zero-order chi connectivity index (χ0) is 12.3. The molecule has 0 aliphatic carbocycles. The van der Waals surface area contributed by atoms with Crippen LogP contribution in [0, 0.1) is 0 Å². The number of rotatable bonds is 3. The van der Waals surface area contributed by atoms with Crippen molar-refractivity contribution in [1.29, 1.82) is 0 Å². The summed E-state index contributed by atoms with van der Waals surface area (Å²) in [5.41, 5.74) is 1.22. The van der Waals surface area contributed by atoms with Crippen LogP contribution in [0.5, 0.6) is 0 Å². The lowest BCUT2D eigenvalue weighted by Gasteiger charge is -2.31. The maximum atomic E-state index is 10.7. The molecule has 1 aliphatic rings. The van der Waals surface area contributed by atoms with Gasteiger partial charge in [0.1, 0.15) is 0 Å². The molecule has 1 aromatic carbocycles. The number of halogens is 1. The normalized spacial score (nSPS) is 24.5. The van der Waals surface area contributed by atoms with Crippen molar-refractivity contribution in [1.82, 2.24) is 5.32 Å². The fraction of sp³-hybridized carbons (Fsp3) is 0.462. The van der Waals surface area contributed by atoms with E-state index in [9.17, 15) is 4.79 Å². The van der Waals surface area contributed by atoms with Crippen molar-refractivity contribution >= 4 is 21.9 Å². The first-order chi connectivity index (χ1) is 8.16. The number of carboxylic acid groups (broad SMARTS) is 1. The van der Waals surface area contributed by atoms with E-state index >= 15 is 0 Å². The van der Waals surface area contributed by atoms with E-state index in [4.69, 9.17) is 5.11 Å². The zero-order valence-corrected chi connectivity index (χ0v) is 11.1. The van der Waals surface area contributed by atoms with Crippen LogP contribution >= 0.6 is 15.9 Å². The highest BCUT2D eigenvalue weighted by atomic mass is 79.9. The van der Waals surface area contributed by atoms with Gasteiger partial charge in [-0.15, -0.1) is 0 Å². The molecule has 1 heterocycles. The van der Waals surface area contributed by atoms with Crippen LogP contribution in [-0.4, -0.2) is 17.1 Å². The number of carbonyl (C=O) groups is 1. The van der Waals surface area contributed by atoms with Crippen molar-refractivity contribution < 1.29 is 9.90 Å². The second-order valence-corrected chi connectivity index (χ2v) is 5.32. The average molecular weight is 298 g/mol. The molecule has 2 atom stereocenters. The molecule has 92 valence electrons. The molecule has 4 heteroatoms. The number of aliphatic carboxylic acids is 1. The lowest BCUT2D eigenvalue weighted by Crippen LogP contribution is -2.38. The monoisotopic (exact) mass is 297 g/mol. The van der Waals surface area contributed by atoms with Gasteiger partial charge in [0, 0.05) is 16.6 Å². The first-order valence-electron chi connectivity index (χ1n) is 5.89. The third-order valence-corrected chi connectivity index (χ3v) is 3.91. The standard InChI is InChI=1S/C13H16BrNO2/c14-11-6-2-1-5-10(11)12-7-3-4-9(15-12)8-13(16)17/h1-2,5-6,9,12,15H,3-4,7-8H2,(H,16,17). The summed E-state index contributed by atoms with van der Waals surface area (Å²) in [6.07, 6.45) is 3.31. The summed E-state index contributed by atoms with van der Waals surface area (Å²) in [5.74, 6) is -0.727. The van der Waals surface area contributed by atoms with Crippen LogP contribution in [-0.2, 0) is 4.79 Å². The summed E-state index contributed by atoms with van der Waals surface area (Å²) >= 11 is 3.55. The van der Waals surface area contributed by atoms with Crippen LogP contribution in [0.3, 0.4) is 0 Å². The fourth-order valence-corrected chi connectivity index (χ4v) is 2.96. The Morgan fingerprint density at radius 3 is 2.88 bits per heavy atom. The van der Waals surface area contributed by atoms with Crippen molar-refractivity contribution in [3.63, 3.8) is 0 Å². The Hall–Kier alpha value is -0.870. The molecule has 0 bridgehead atoms. The van der Waals surface area contributed by atoms with E-state index in [1.165, 1.54) is 5.56 Å². The van der Waals surface area contributed by atoms with E-state index in [1.54, 1.807) is 0 Å². The summed E-state index contributed by atoms with van der Waals surface area (Å²) in [5, 5.41) is 12.3. The number of hydrogen-bond acceptors (Lipinski definition) is 2. The summed E-state index contributed by atoms with van der Waals surface area (Å²) in [6.45, 7) is 0. The number of carboxylic acids is 1. The van der Waals surface area contributed by atoms with Gasteiger partial charge in [-0.3, -0.25) is 4.79 Å². The highest BCUT2D eigenvalue weighted by Gasteiger charge is 2.24. The Morgan fingerprint density at radius 1 is 1.41 bits per heavy atom. The summed E-state index contributed by atoms with van der Waals surface area (Å²) in [4.78, 5) is 10.7. The third kappa shape index (κ3) is 3.30. The third-order valence-electron chi connectivity index (χ3n) is 3.18. The molecular weight excluding hydrogens is 282 g/mol. The molecule has 1 fully saturated rings. The van der Waals surface area contributed by atoms with Crippen molar-refractivity contribution in [3.05, 3.63) is 34.3 Å². The first-order valence-corrected chi connectivity index (χ1v) is 6.68. The minimum atomic E-state index is -0.727. The second-order valence-electron chi connectivity index (χ2n) is 4.47. The molecule has 1 aromatic rings. The van der Waals surface area contributed by atoms with Crippen molar-refractivity contribution in [3.8, 4) is 0 Å². The number of benzene rings is 1. The molecule has 2 N–H and O–H groups in total. The van der Waals surface area contributed by atoms with Gasteiger partial charge in [-0.2, -0.15) is 0 Å². The molecule has 0 spiro atoms. The van der Waals surface area contributed by atoms with Crippen LogP contribution < -0.4 is 5.32 Å². The van der Waals surface area contributed by atoms with Gasteiger partial charge < -0.3 is 10.4 Å². The Kier molecular flexibility index (Phi) is 4.18. The minimum Gasteiger partial charge on any atom is -0.481 e. The Balaban J connectivity index is 2.07. The summed E-state index contributed by atoms with van der Waals surface area (Å²) < 4.78 is 1.09. The quantitative estimate of drug-likeness (QED) is 0.901. The smallest absolute Gasteiger partial charge is 0.304 e. The van der Waals surface area contributed by atoms with Crippen molar-refractivity contribution in [2.24, 2.45) is 0 Å². The van der Waals surface area contributed by atoms with Crippen LogP contribution in [0.25, 0.3) is 0 Å². The van der Waals surface area contributed by atoms with E-state index in [1.807, 2.05) is 18.2 Å². The molecular formula is C13H16BrNO2. The van der Waals surface area contributed by atoms with E-state index in [2.05, 4.69) is 27.3 Å². The molecule has 17 heavy (non-hydrogen) atoms. The zero-order valence-electron chi connectivity index (χ0n) is 9.53.